The number of nitrogens with zero attached hydrogens (tertiary/aromatic N) is 2. The summed E-state index contributed by atoms with van der Waals surface area (Å²) >= 11 is 0. The average Bonchev–Trinajstić information content (AvgIpc) is 3.59. The van der Waals surface area contributed by atoms with Crippen molar-refractivity contribution in [2.45, 2.75) is 44.4 Å². The van der Waals surface area contributed by atoms with Crippen LogP contribution in [0.15, 0.2) is 35.0 Å². The summed E-state index contributed by atoms with van der Waals surface area (Å²) in [5, 5.41) is 10.2. The Morgan fingerprint density at radius 1 is 1.27 bits per heavy atom. The number of amides is 1. The minimum atomic E-state index is -0.154. The molecule has 3 aromatic heterocycles. The van der Waals surface area contributed by atoms with Crippen LogP contribution in [0.1, 0.15) is 65.1 Å². The highest BCUT2D eigenvalue weighted by Gasteiger charge is 2.36. The lowest BCUT2D eigenvalue weighted by Gasteiger charge is -2.06. The van der Waals surface area contributed by atoms with Gasteiger partial charge in [-0.2, -0.15) is 5.10 Å². The first-order valence-electron chi connectivity index (χ1n) is 9.11. The van der Waals surface area contributed by atoms with E-state index < -0.39 is 0 Å². The number of carbonyl (C=O) groups excluding carboxylic acids is 1. The highest BCUT2D eigenvalue weighted by molar-refractivity contribution is 6.06. The van der Waals surface area contributed by atoms with E-state index >= 15 is 0 Å². The van der Waals surface area contributed by atoms with Crippen LogP contribution in [0, 0.1) is 6.92 Å². The highest BCUT2D eigenvalue weighted by Crippen LogP contribution is 2.47. The molecule has 2 aliphatic carbocycles. The number of aryl methyl sites for hydroxylation is 1. The summed E-state index contributed by atoms with van der Waals surface area (Å²) in [4.78, 5) is 17.1. The summed E-state index contributed by atoms with van der Waals surface area (Å²) in [7, 11) is 0. The Morgan fingerprint density at radius 3 is 2.77 bits per heavy atom. The van der Waals surface area contributed by atoms with Crippen LogP contribution >= 0.6 is 0 Å². The van der Waals surface area contributed by atoms with E-state index in [0.717, 1.165) is 54.0 Å². The molecule has 0 spiro atoms. The first-order valence-corrected chi connectivity index (χ1v) is 9.11. The van der Waals surface area contributed by atoms with Gasteiger partial charge in [0.1, 0.15) is 11.5 Å². The number of pyridine rings is 1. The van der Waals surface area contributed by atoms with Gasteiger partial charge < -0.3 is 9.73 Å². The van der Waals surface area contributed by atoms with Crippen LogP contribution in [0.4, 0.5) is 5.82 Å². The number of rotatable bonds is 5. The van der Waals surface area contributed by atoms with E-state index in [9.17, 15) is 4.79 Å². The van der Waals surface area contributed by atoms with Gasteiger partial charge in [0.25, 0.3) is 5.91 Å². The molecule has 2 fully saturated rings. The monoisotopic (exact) mass is 348 g/mol. The third kappa shape index (κ3) is 2.71. The molecule has 2 N–H and O–H groups in total. The average molecular weight is 348 g/mol. The fraction of sp³-hybridized carbons (Fsp3) is 0.350. The van der Waals surface area contributed by atoms with Gasteiger partial charge in [-0.05, 0) is 44.7 Å². The van der Waals surface area contributed by atoms with Crippen LogP contribution in [-0.4, -0.2) is 21.1 Å². The van der Waals surface area contributed by atoms with Crippen LogP contribution in [0.5, 0.6) is 0 Å². The van der Waals surface area contributed by atoms with Gasteiger partial charge in [-0.3, -0.25) is 14.9 Å². The molecule has 0 bridgehead atoms. The molecule has 3 aromatic rings. The number of anilines is 1. The number of H-pyrrole nitrogens is 1. The number of hydrogen-bond acceptors (Lipinski definition) is 4. The van der Waals surface area contributed by atoms with Gasteiger partial charge in [0, 0.05) is 41.1 Å². The summed E-state index contributed by atoms with van der Waals surface area (Å²) in [6, 6.07) is 5.76. The Hall–Kier alpha value is -2.89. The number of nitrogens with one attached hydrogen (secondary N) is 2. The number of furan rings is 1. The fourth-order valence-corrected chi connectivity index (χ4v) is 3.38. The molecule has 0 aliphatic heterocycles. The molecule has 2 aliphatic rings. The Balaban J connectivity index is 1.47. The molecular formula is C20H20N4O2. The van der Waals surface area contributed by atoms with Crippen LogP contribution in [0.25, 0.3) is 11.1 Å². The third-order valence-electron chi connectivity index (χ3n) is 5.08. The molecule has 132 valence electrons. The van der Waals surface area contributed by atoms with E-state index in [0.29, 0.717) is 23.2 Å². The lowest BCUT2D eigenvalue weighted by molar-refractivity contribution is 0.102. The van der Waals surface area contributed by atoms with Crippen molar-refractivity contribution in [3.05, 3.63) is 53.4 Å². The van der Waals surface area contributed by atoms with Gasteiger partial charge in [0.2, 0.25) is 0 Å². The standard InChI is InChI=1S/C20H20N4O2/c1-11-17(14-3-2-8-21-10-14)19(24-23-11)22-20(25)15-9-16(12-4-5-12)26-18(15)13-6-7-13/h2-3,8-10,12-13H,4-7H2,1H3,(H2,22,23,24,25). The highest BCUT2D eigenvalue weighted by atomic mass is 16.3. The summed E-state index contributed by atoms with van der Waals surface area (Å²) in [5.41, 5.74) is 3.33. The second kappa shape index (κ2) is 5.83. The minimum absolute atomic E-state index is 0.154. The van der Waals surface area contributed by atoms with Crippen molar-refractivity contribution in [1.29, 1.82) is 0 Å². The molecule has 6 heteroatoms. The van der Waals surface area contributed by atoms with Gasteiger partial charge >= 0.3 is 0 Å². The normalized spacial score (nSPS) is 16.7. The molecule has 0 aromatic carbocycles. The van der Waals surface area contributed by atoms with E-state index in [4.69, 9.17) is 4.42 Å². The second-order valence-corrected chi connectivity index (χ2v) is 7.24. The van der Waals surface area contributed by atoms with Crippen molar-refractivity contribution in [2.24, 2.45) is 0 Å². The maximum atomic E-state index is 13.0. The zero-order valence-electron chi connectivity index (χ0n) is 14.6. The third-order valence-corrected chi connectivity index (χ3v) is 5.08. The van der Waals surface area contributed by atoms with Crippen molar-refractivity contribution in [3.63, 3.8) is 0 Å². The predicted molar refractivity (Wildman–Crippen MR) is 97.2 cm³/mol. The van der Waals surface area contributed by atoms with Crippen molar-refractivity contribution >= 4 is 11.7 Å². The molecule has 6 nitrogen and oxygen atoms in total. The summed E-state index contributed by atoms with van der Waals surface area (Å²) in [6.45, 7) is 1.93. The Morgan fingerprint density at radius 2 is 2.08 bits per heavy atom. The van der Waals surface area contributed by atoms with Crippen molar-refractivity contribution in [2.75, 3.05) is 5.32 Å². The number of aromatic nitrogens is 3. The van der Waals surface area contributed by atoms with Crippen LogP contribution in [-0.2, 0) is 0 Å². The maximum Gasteiger partial charge on any atom is 0.260 e. The predicted octanol–water partition coefficient (Wildman–Crippen LogP) is 4.38. The smallest absolute Gasteiger partial charge is 0.260 e. The van der Waals surface area contributed by atoms with Crippen LogP contribution < -0.4 is 5.32 Å². The topological polar surface area (TPSA) is 83.8 Å². The summed E-state index contributed by atoms with van der Waals surface area (Å²) < 4.78 is 6.04. The van der Waals surface area contributed by atoms with Crippen molar-refractivity contribution < 1.29 is 9.21 Å². The number of aromatic amines is 1. The molecule has 0 atom stereocenters. The largest absolute Gasteiger partial charge is 0.465 e. The maximum absolute atomic E-state index is 13.0. The number of hydrogen-bond donors (Lipinski definition) is 2. The van der Waals surface area contributed by atoms with E-state index in [1.165, 1.54) is 0 Å². The van der Waals surface area contributed by atoms with Gasteiger partial charge in [0.15, 0.2) is 5.82 Å². The van der Waals surface area contributed by atoms with Gasteiger partial charge in [-0.1, -0.05) is 6.07 Å². The molecule has 0 unspecified atom stereocenters. The molecule has 1 amide bonds. The lowest BCUT2D eigenvalue weighted by Crippen LogP contribution is -2.13. The fourth-order valence-electron chi connectivity index (χ4n) is 3.38. The first-order chi connectivity index (χ1) is 12.7. The van der Waals surface area contributed by atoms with E-state index in [1.807, 2.05) is 25.1 Å². The van der Waals surface area contributed by atoms with Gasteiger partial charge in [0.05, 0.1) is 5.56 Å². The zero-order chi connectivity index (χ0) is 17.7. The van der Waals surface area contributed by atoms with E-state index in [1.54, 1.807) is 12.4 Å². The molecule has 2 saturated carbocycles. The Labute approximate surface area is 151 Å². The van der Waals surface area contributed by atoms with E-state index in [2.05, 4.69) is 20.5 Å². The molecule has 0 saturated heterocycles. The van der Waals surface area contributed by atoms with Crippen LogP contribution in [0.2, 0.25) is 0 Å². The zero-order valence-corrected chi connectivity index (χ0v) is 14.6. The summed E-state index contributed by atoms with van der Waals surface area (Å²) in [5.74, 6) is 3.06. The first kappa shape index (κ1) is 15.4. The SMILES string of the molecule is Cc1[nH]nc(NC(=O)c2cc(C3CC3)oc2C2CC2)c1-c1cccnc1. The van der Waals surface area contributed by atoms with Crippen molar-refractivity contribution in [3.8, 4) is 11.1 Å². The molecule has 5 rings (SSSR count). The molecule has 3 heterocycles. The van der Waals surface area contributed by atoms with Crippen LogP contribution in [0.3, 0.4) is 0 Å². The summed E-state index contributed by atoms with van der Waals surface area (Å²) in [6.07, 6.45) is 8.00. The lowest BCUT2D eigenvalue weighted by atomic mass is 10.1. The second-order valence-electron chi connectivity index (χ2n) is 7.24. The Kier molecular flexibility index (Phi) is 3.45. The Bertz CT molecular complexity index is 965. The molecular weight excluding hydrogens is 328 g/mol. The van der Waals surface area contributed by atoms with E-state index in [-0.39, 0.29) is 5.91 Å². The quantitative estimate of drug-likeness (QED) is 0.716. The van der Waals surface area contributed by atoms with Gasteiger partial charge in [-0.25, -0.2) is 0 Å². The minimum Gasteiger partial charge on any atom is -0.465 e. The molecule has 0 radical (unpaired) electrons. The number of carbonyl (C=O) groups is 1. The van der Waals surface area contributed by atoms with Gasteiger partial charge in [-0.15, -0.1) is 0 Å². The van der Waals surface area contributed by atoms with Crippen molar-refractivity contribution in [1.82, 2.24) is 15.2 Å². The molecule has 26 heavy (non-hydrogen) atoms.